The van der Waals surface area contributed by atoms with Crippen LogP contribution in [0.4, 0.5) is 0 Å². The maximum absolute atomic E-state index is 11.7. The normalized spacial score (nSPS) is 10.9. The van der Waals surface area contributed by atoms with Crippen molar-refractivity contribution < 1.29 is 4.79 Å². The van der Waals surface area contributed by atoms with E-state index in [-0.39, 0.29) is 11.7 Å². The van der Waals surface area contributed by atoms with E-state index in [1.54, 1.807) is 6.92 Å². The molecule has 0 radical (unpaired) electrons. The van der Waals surface area contributed by atoms with Gasteiger partial charge in [0.15, 0.2) is 5.78 Å². The largest absolute Gasteiger partial charge is 0.294 e. The SMILES string of the molecule is CC(=O)c1sc(-c2ccccc2C)nc1C(C)C. The first-order chi connectivity index (χ1) is 8.50. The number of Topliss-reactive ketones (excluding diaryl/α,β-unsaturated/α-hetero) is 1. The quantitative estimate of drug-likeness (QED) is 0.762. The molecule has 18 heavy (non-hydrogen) atoms. The van der Waals surface area contributed by atoms with Crippen molar-refractivity contribution in [3.8, 4) is 10.6 Å². The van der Waals surface area contributed by atoms with Crippen LogP contribution >= 0.6 is 11.3 Å². The van der Waals surface area contributed by atoms with Crippen LogP contribution in [0.5, 0.6) is 0 Å². The van der Waals surface area contributed by atoms with Crippen molar-refractivity contribution in [2.45, 2.75) is 33.6 Å². The molecule has 2 rings (SSSR count). The molecule has 0 atom stereocenters. The number of hydrogen-bond acceptors (Lipinski definition) is 3. The third-order valence-electron chi connectivity index (χ3n) is 2.90. The molecule has 0 fully saturated rings. The average molecular weight is 259 g/mol. The zero-order valence-corrected chi connectivity index (χ0v) is 12.0. The first-order valence-corrected chi connectivity index (χ1v) is 6.90. The van der Waals surface area contributed by atoms with E-state index in [0.717, 1.165) is 21.1 Å². The number of ketones is 1. The lowest BCUT2D eigenvalue weighted by Gasteiger charge is -2.02. The minimum Gasteiger partial charge on any atom is -0.294 e. The minimum absolute atomic E-state index is 0.107. The third kappa shape index (κ3) is 2.36. The Morgan fingerprint density at radius 3 is 2.44 bits per heavy atom. The van der Waals surface area contributed by atoms with Crippen LogP contribution in [-0.2, 0) is 0 Å². The lowest BCUT2D eigenvalue weighted by molar-refractivity contribution is 0.102. The summed E-state index contributed by atoms with van der Waals surface area (Å²) in [7, 11) is 0. The summed E-state index contributed by atoms with van der Waals surface area (Å²) in [5.74, 6) is 0.383. The summed E-state index contributed by atoms with van der Waals surface area (Å²) in [5.41, 5.74) is 3.24. The predicted molar refractivity (Wildman–Crippen MR) is 76.4 cm³/mol. The molecule has 1 aromatic carbocycles. The predicted octanol–water partition coefficient (Wildman–Crippen LogP) is 4.44. The van der Waals surface area contributed by atoms with E-state index in [9.17, 15) is 4.79 Å². The number of aryl methyl sites for hydroxylation is 1. The summed E-state index contributed by atoms with van der Waals surface area (Å²) < 4.78 is 0. The van der Waals surface area contributed by atoms with E-state index in [1.165, 1.54) is 16.9 Å². The maximum Gasteiger partial charge on any atom is 0.171 e. The molecule has 0 saturated carbocycles. The number of carbonyl (C=O) groups is 1. The van der Waals surface area contributed by atoms with Gasteiger partial charge in [-0.05, 0) is 18.4 Å². The van der Waals surface area contributed by atoms with Crippen molar-refractivity contribution >= 4 is 17.1 Å². The van der Waals surface area contributed by atoms with Crippen molar-refractivity contribution in [1.29, 1.82) is 0 Å². The van der Waals surface area contributed by atoms with E-state index in [1.807, 2.05) is 12.1 Å². The van der Waals surface area contributed by atoms with Gasteiger partial charge in [0.05, 0.1) is 10.6 Å². The van der Waals surface area contributed by atoms with Gasteiger partial charge < -0.3 is 0 Å². The molecule has 1 aromatic heterocycles. The van der Waals surface area contributed by atoms with Gasteiger partial charge in [-0.1, -0.05) is 38.1 Å². The molecule has 0 aliphatic rings. The topological polar surface area (TPSA) is 30.0 Å². The molecule has 0 bridgehead atoms. The van der Waals surface area contributed by atoms with E-state index < -0.39 is 0 Å². The molecule has 0 amide bonds. The van der Waals surface area contributed by atoms with Crippen LogP contribution in [0, 0.1) is 6.92 Å². The number of thiazole rings is 1. The van der Waals surface area contributed by atoms with Crippen LogP contribution in [0.1, 0.15) is 47.6 Å². The van der Waals surface area contributed by atoms with Gasteiger partial charge in [-0.15, -0.1) is 11.3 Å². The second-order valence-corrected chi connectivity index (χ2v) is 5.76. The van der Waals surface area contributed by atoms with Gasteiger partial charge in [0.1, 0.15) is 5.01 Å². The lowest BCUT2D eigenvalue weighted by Crippen LogP contribution is -1.97. The van der Waals surface area contributed by atoms with Crippen molar-refractivity contribution in [2.24, 2.45) is 0 Å². The summed E-state index contributed by atoms with van der Waals surface area (Å²) in [6, 6.07) is 8.15. The van der Waals surface area contributed by atoms with Crippen LogP contribution < -0.4 is 0 Å². The number of benzene rings is 1. The van der Waals surface area contributed by atoms with Crippen LogP contribution in [0.25, 0.3) is 10.6 Å². The standard InChI is InChI=1S/C15H17NOS/c1-9(2)13-14(11(4)17)18-15(16-13)12-8-6-5-7-10(12)3/h5-9H,1-4H3. The van der Waals surface area contributed by atoms with Crippen LogP contribution in [0.3, 0.4) is 0 Å². The molecule has 0 aliphatic carbocycles. The number of nitrogens with zero attached hydrogens (tertiary/aromatic N) is 1. The van der Waals surface area contributed by atoms with Gasteiger partial charge in [-0.25, -0.2) is 4.98 Å². The summed E-state index contributed by atoms with van der Waals surface area (Å²) in [4.78, 5) is 17.1. The Labute approximate surface area is 112 Å². The fourth-order valence-electron chi connectivity index (χ4n) is 1.90. The molecular weight excluding hydrogens is 242 g/mol. The first-order valence-electron chi connectivity index (χ1n) is 6.08. The van der Waals surface area contributed by atoms with Gasteiger partial charge >= 0.3 is 0 Å². The molecule has 0 aliphatic heterocycles. The second kappa shape index (κ2) is 5.02. The fourth-order valence-corrected chi connectivity index (χ4v) is 3.11. The highest BCUT2D eigenvalue weighted by atomic mass is 32.1. The molecule has 0 saturated heterocycles. The van der Waals surface area contributed by atoms with Crippen LogP contribution in [0.2, 0.25) is 0 Å². The van der Waals surface area contributed by atoms with E-state index in [2.05, 4.69) is 37.9 Å². The van der Waals surface area contributed by atoms with Crippen LogP contribution in [-0.4, -0.2) is 10.8 Å². The van der Waals surface area contributed by atoms with Crippen molar-refractivity contribution in [3.05, 3.63) is 40.4 Å². The van der Waals surface area contributed by atoms with E-state index in [0.29, 0.717) is 0 Å². The highest BCUT2D eigenvalue weighted by Crippen LogP contribution is 2.33. The molecule has 3 heteroatoms. The Hall–Kier alpha value is -1.48. The monoisotopic (exact) mass is 259 g/mol. The minimum atomic E-state index is 0.107. The smallest absolute Gasteiger partial charge is 0.171 e. The Balaban J connectivity index is 2.57. The molecule has 0 spiro atoms. The Morgan fingerprint density at radius 1 is 1.28 bits per heavy atom. The van der Waals surface area contributed by atoms with Gasteiger partial charge in [0, 0.05) is 12.5 Å². The summed E-state index contributed by atoms with van der Waals surface area (Å²) in [6.07, 6.45) is 0. The number of hydrogen-bond donors (Lipinski definition) is 0. The zero-order valence-electron chi connectivity index (χ0n) is 11.2. The fraction of sp³-hybridized carbons (Fsp3) is 0.333. The summed E-state index contributed by atoms with van der Waals surface area (Å²) in [5, 5.41) is 0.946. The van der Waals surface area contributed by atoms with Gasteiger partial charge in [-0.3, -0.25) is 4.79 Å². The van der Waals surface area contributed by atoms with E-state index in [4.69, 9.17) is 0 Å². The van der Waals surface area contributed by atoms with Gasteiger partial charge in [0.25, 0.3) is 0 Å². The van der Waals surface area contributed by atoms with Gasteiger partial charge in [-0.2, -0.15) is 0 Å². The average Bonchev–Trinajstić information content (AvgIpc) is 2.74. The Morgan fingerprint density at radius 2 is 1.94 bits per heavy atom. The molecule has 2 aromatic rings. The van der Waals surface area contributed by atoms with E-state index >= 15 is 0 Å². The Bertz CT molecular complexity index is 584. The maximum atomic E-state index is 11.7. The van der Waals surface area contributed by atoms with Crippen molar-refractivity contribution in [1.82, 2.24) is 4.98 Å². The molecule has 1 heterocycles. The molecule has 0 N–H and O–H groups in total. The van der Waals surface area contributed by atoms with Crippen molar-refractivity contribution in [3.63, 3.8) is 0 Å². The molecule has 94 valence electrons. The zero-order chi connectivity index (χ0) is 13.3. The number of carbonyl (C=O) groups excluding carboxylic acids is 1. The highest BCUT2D eigenvalue weighted by molar-refractivity contribution is 7.17. The second-order valence-electron chi connectivity index (χ2n) is 4.76. The molecule has 0 unspecified atom stereocenters. The summed E-state index contributed by atoms with van der Waals surface area (Å²) >= 11 is 1.50. The lowest BCUT2D eigenvalue weighted by atomic mass is 10.1. The molecule has 2 nitrogen and oxygen atoms in total. The number of rotatable bonds is 3. The highest BCUT2D eigenvalue weighted by Gasteiger charge is 2.18. The van der Waals surface area contributed by atoms with Crippen molar-refractivity contribution in [2.75, 3.05) is 0 Å². The number of aromatic nitrogens is 1. The third-order valence-corrected chi connectivity index (χ3v) is 4.10. The molecular formula is C15H17NOS. The summed E-state index contributed by atoms with van der Waals surface area (Å²) in [6.45, 7) is 7.83. The van der Waals surface area contributed by atoms with Crippen LogP contribution in [0.15, 0.2) is 24.3 Å². The van der Waals surface area contributed by atoms with Gasteiger partial charge in [0.2, 0.25) is 0 Å². The first kappa shape index (κ1) is 13.0. The Kier molecular flexibility index (Phi) is 3.62.